The van der Waals surface area contributed by atoms with E-state index >= 15 is 0 Å². The number of nitrogens with zero attached hydrogens (tertiary/aromatic N) is 1. The van der Waals surface area contributed by atoms with E-state index in [9.17, 15) is 9.90 Å². The first-order valence-electron chi connectivity index (χ1n) is 5.92. The number of carboxylic acids is 1. The van der Waals surface area contributed by atoms with Crippen molar-refractivity contribution in [3.8, 4) is 11.3 Å². The van der Waals surface area contributed by atoms with Crippen molar-refractivity contribution in [3.63, 3.8) is 0 Å². The number of halogens is 3. The molecule has 106 valence electrons. The van der Waals surface area contributed by atoms with Crippen molar-refractivity contribution in [2.75, 3.05) is 0 Å². The molecule has 0 aliphatic carbocycles. The molecule has 0 atom stereocenters. The molecule has 0 bridgehead atoms. The summed E-state index contributed by atoms with van der Waals surface area (Å²) < 4.78 is 1.68. The molecule has 1 aromatic carbocycles. The predicted molar refractivity (Wildman–Crippen MR) is 82.2 cm³/mol. The highest BCUT2D eigenvalue weighted by molar-refractivity contribution is 6.41. The van der Waals surface area contributed by atoms with E-state index in [-0.39, 0.29) is 11.7 Å². The highest BCUT2D eigenvalue weighted by atomic mass is 35.5. The third-order valence-corrected chi connectivity index (χ3v) is 3.73. The number of aromatic carboxylic acids is 1. The molecule has 3 nitrogen and oxygen atoms in total. The Morgan fingerprint density at radius 3 is 2.15 bits per heavy atom. The van der Waals surface area contributed by atoms with Gasteiger partial charge in [0.2, 0.25) is 0 Å². The summed E-state index contributed by atoms with van der Waals surface area (Å²) in [4.78, 5) is 11.3. The van der Waals surface area contributed by atoms with E-state index in [2.05, 4.69) is 0 Å². The summed E-state index contributed by atoms with van der Waals surface area (Å²) in [5, 5.41) is 10.5. The molecular formula is C14H12Cl3NO2. The Morgan fingerprint density at radius 2 is 1.70 bits per heavy atom. The zero-order valence-corrected chi connectivity index (χ0v) is 13.1. The maximum atomic E-state index is 11.3. The molecule has 0 amide bonds. The highest BCUT2D eigenvalue weighted by Crippen LogP contribution is 2.39. The Kier molecular flexibility index (Phi) is 4.33. The van der Waals surface area contributed by atoms with Crippen LogP contribution in [0.25, 0.3) is 11.3 Å². The van der Waals surface area contributed by atoms with E-state index < -0.39 is 5.97 Å². The SMILES string of the molecule is CC(C)n1c(C(=O)O)ccc1-c1c(Cl)cc(Cl)cc1Cl. The van der Waals surface area contributed by atoms with Crippen molar-refractivity contribution in [3.05, 3.63) is 45.0 Å². The maximum Gasteiger partial charge on any atom is 0.352 e. The first kappa shape index (κ1) is 15.2. The summed E-state index contributed by atoms with van der Waals surface area (Å²) in [7, 11) is 0. The lowest BCUT2D eigenvalue weighted by Crippen LogP contribution is -2.11. The van der Waals surface area contributed by atoms with Crippen molar-refractivity contribution in [2.24, 2.45) is 0 Å². The fraction of sp³-hybridized carbons (Fsp3) is 0.214. The number of aromatic nitrogens is 1. The van der Waals surface area contributed by atoms with Gasteiger partial charge < -0.3 is 9.67 Å². The summed E-state index contributed by atoms with van der Waals surface area (Å²) in [5.41, 5.74) is 1.43. The van der Waals surface area contributed by atoms with Crippen LogP contribution in [-0.2, 0) is 0 Å². The molecule has 2 rings (SSSR count). The van der Waals surface area contributed by atoms with Gasteiger partial charge in [0.25, 0.3) is 0 Å². The van der Waals surface area contributed by atoms with Crippen molar-refractivity contribution in [1.29, 1.82) is 0 Å². The number of hydrogen-bond donors (Lipinski definition) is 1. The van der Waals surface area contributed by atoms with E-state index in [1.165, 1.54) is 0 Å². The topological polar surface area (TPSA) is 42.2 Å². The molecular weight excluding hydrogens is 321 g/mol. The minimum Gasteiger partial charge on any atom is -0.477 e. The van der Waals surface area contributed by atoms with Gasteiger partial charge in [-0.2, -0.15) is 0 Å². The average molecular weight is 333 g/mol. The third-order valence-electron chi connectivity index (χ3n) is 2.92. The van der Waals surface area contributed by atoms with Gasteiger partial charge in [-0.15, -0.1) is 0 Å². The van der Waals surface area contributed by atoms with Gasteiger partial charge in [0.1, 0.15) is 5.69 Å². The molecule has 1 heterocycles. The van der Waals surface area contributed by atoms with Gasteiger partial charge in [-0.1, -0.05) is 34.8 Å². The molecule has 20 heavy (non-hydrogen) atoms. The van der Waals surface area contributed by atoms with Gasteiger partial charge in [-0.25, -0.2) is 4.79 Å². The smallest absolute Gasteiger partial charge is 0.352 e. The third kappa shape index (κ3) is 2.66. The Bertz CT molecular complexity index is 654. The Morgan fingerprint density at radius 1 is 1.15 bits per heavy atom. The van der Waals surface area contributed by atoms with E-state index in [0.29, 0.717) is 26.3 Å². The standard InChI is InChI=1S/C14H12Cl3NO2/c1-7(2)18-11(3-4-12(18)14(19)20)13-9(16)5-8(15)6-10(13)17/h3-7H,1-2H3,(H,19,20). The van der Waals surface area contributed by atoms with Crippen LogP contribution in [0.3, 0.4) is 0 Å². The quantitative estimate of drug-likeness (QED) is 0.818. The monoisotopic (exact) mass is 331 g/mol. The van der Waals surface area contributed by atoms with Crippen LogP contribution in [0.5, 0.6) is 0 Å². The van der Waals surface area contributed by atoms with E-state index in [1.807, 2.05) is 13.8 Å². The molecule has 0 unspecified atom stereocenters. The van der Waals surface area contributed by atoms with Gasteiger partial charge in [0.15, 0.2) is 0 Å². The highest BCUT2D eigenvalue weighted by Gasteiger charge is 2.20. The van der Waals surface area contributed by atoms with Crippen LogP contribution >= 0.6 is 34.8 Å². The Balaban J connectivity index is 2.74. The largest absolute Gasteiger partial charge is 0.477 e. The molecule has 0 fully saturated rings. The van der Waals surface area contributed by atoms with E-state index in [1.54, 1.807) is 28.8 Å². The van der Waals surface area contributed by atoms with Crippen LogP contribution < -0.4 is 0 Å². The van der Waals surface area contributed by atoms with Crippen LogP contribution in [0.15, 0.2) is 24.3 Å². The fourth-order valence-electron chi connectivity index (χ4n) is 2.17. The van der Waals surface area contributed by atoms with Gasteiger partial charge in [0.05, 0.1) is 15.7 Å². The van der Waals surface area contributed by atoms with Crippen molar-refractivity contribution in [2.45, 2.75) is 19.9 Å². The minimum atomic E-state index is -0.994. The summed E-state index contributed by atoms with van der Waals surface area (Å²) in [5.74, 6) is -0.994. The van der Waals surface area contributed by atoms with Gasteiger partial charge >= 0.3 is 5.97 Å². The molecule has 1 N–H and O–H groups in total. The van der Waals surface area contributed by atoms with Crippen molar-refractivity contribution >= 4 is 40.8 Å². The van der Waals surface area contributed by atoms with Crippen LogP contribution in [0, 0.1) is 0 Å². The molecule has 6 heteroatoms. The fourth-order valence-corrected chi connectivity index (χ4v) is 3.18. The van der Waals surface area contributed by atoms with Crippen LogP contribution in [0.1, 0.15) is 30.4 Å². The minimum absolute atomic E-state index is 0.0473. The average Bonchev–Trinajstić information content (AvgIpc) is 2.72. The van der Waals surface area contributed by atoms with Crippen LogP contribution in [-0.4, -0.2) is 15.6 Å². The Labute approximate surface area is 131 Å². The first-order chi connectivity index (χ1) is 9.32. The second kappa shape index (κ2) is 5.68. The van der Waals surface area contributed by atoms with E-state index in [4.69, 9.17) is 34.8 Å². The lowest BCUT2D eigenvalue weighted by molar-refractivity contribution is 0.0683. The molecule has 0 aliphatic heterocycles. The number of carboxylic acid groups (broad SMARTS) is 1. The van der Waals surface area contributed by atoms with Gasteiger partial charge in [-0.05, 0) is 38.1 Å². The number of rotatable bonds is 3. The molecule has 2 aromatic rings. The number of carbonyl (C=O) groups is 1. The molecule has 0 saturated heterocycles. The first-order valence-corrected chi connectivity index (χ1v) is 7.05. The summed E-state index contributed by atoms with van der Waals surface area (Å²) in [6.07, 6.45) is 0. The molecule has 0 radical (unpaired) electrons. The predicted octanol–water partition coefficient (Wildman–Crippen LogP) is 5.39. The molecule has 0 aliphatic rings. The van der Waals surface area contributed by atoms with Crippen LogP contribution in [0.2, 0.25) is 15.1 Å². The second-order valence-corrected chi connectivity index (χ2v) is 5.87. The zero-order chi connectivity index (χ0) is 15.0. The lowest BCUT2D eigenvalue weighted by Gasteiger charge is -2.17. The van der Waals surface area contributed by atoms with Crippen molar-refractivity contribution in [1.82, 2.24) is 4.57 Å². The number of benzene rings is 1. The maximum absolute atomic E-state index is 11.3. The van der Waals surface area contributed by atoms with Gasteiger partial charge in [0, 0.05) is 16.6 Å². The second-order valence-electron chi connectivity index (χ2n) is 4.62. The normalized spacial score (nSPS) is 11.1. The van der Waals surface area contributed by atoms with Crippen molar-refractivity contribution < 1.29 is 9.90 Å². The number of hydrogen-bond acceptors (Lipinski definition) is 1. The Hall–Kier alpha value is -1.16. The molecule has 0 spiro atoms. The van der Waals surface area contributed by atoms with E-state index in [0.717, 1.165) is 0 Å². The summed E-state index contributed by atoms with van der Waals surface area (Å²) in [6, 6.07) is 6.36. The summed E-state index contributed by atoms with van der Waals surface area (Å²) in [6.45, 7) is 3.79. The van der Waals surface area contributed by atoms with Crippen LogP contribution in [0.4, 0.5) is 0 Å². The molecule has 0 saturated carbocycles. The molecule has 1 aromatic heterocycles. The zero-order valence-electron chi connectivity index (χ0n) is 10.8. The summed E-state index contributed by atoms with van der Waals surface area (Å²) >= 11 is 18.3. The lowest BCUT2D eigenvalue weighted by atomic mass is 10.1. The van der Waals surface area contributed by atoms with Gasteiger partial charge in [-0.3, -0.25) is 0 Å².